The van der Waals surface area contributed by atoms with E-state index in [0.29, 0.717) is 12.0 Å². The molecule has 26 heavy (non-hydrogen) atoms. The van der Waals surface area contributed by atoms with E-state index in [1.807, 2.05) is 36.0 Å². The highest BCUT2D eigenvalue weighted by molar-refractivity contribution is 5.50. The second-order valence-electron chi connectivity index (χ2n) is 7.38. The van der Waals surface area contributed by atoms with Gasteiger partial charge >= 0.3 is 0 Å². The average molecular weight is 350 g/mol. The van der Waals surface area contributed by atoms with Crippen LogP contribution in [-0.2, 0) is 0 Å². The van der Waals surface area contributed by atoms with Crippen LogP contribution in [0.25, 0.3) is 5.65 Å². The van der Waals surface area contributed by atoms with Gasteiger partial charge in [-0.15, -0.1) is 15.3 Å². The first-order valence-corrected chi connectivity index (χ1v) is 9.18. The lowest BCUT2D eigenvalue weighted by atomic mass is 9.85. The summed E-state index contributed by atoms with van der Waals surface area (Å²) < 4.78 is 1.93. The molecule has 134 valence electrons. The van der Waals surface area contributed by atoms with Crippen LogP contribution in [0, 0.1) is 6.92 Å². The average Bonchev–Trinajstić information content (AvgIpc) is 2.96. The van der Waals surface area contributed by atoms with Crippen molar-refractivity contribution in [2.45, 2.75) is 38.1 Å². The molecule has 0 aromatic carbocycles. The van der Waals surface area contributed by atoms with Crippen LogP contribution in [0.5, 0.6) is 0 Å². The minimum atomic E-state index is 0.391. The molecule has 8 heteroatoms. The van der Waals surface area contributed by atoms with E-state index in [1.54, 1.807) is 0 Å². The van der Waals surface area contributed by atoms with Crippen molar-refractivity contribution in [2.24, 2.45) is 0 Å². The first-order chi connectivity index (χ1) is 12.7. The van der Waals surface area contributed by atoms with E-state index in [2.05, 4.69) is 37.0 Å². The first-order valence-electron chi connectivity index (χ1n) is 9.18. The number of anilines is 2. The van der Waals surface area contributed by atoms with E-state index in [9.17, 15) is 0 Å². The SMILES string of the molecule is Cc1cnc(N(C)C2CN(c3ccc4nnc(C5CCC5)n4n3)C2)nc1. The van der Waals surface area contributed by atoms with Crippen LogP contribution in [0.3, 0.4) is 0 Å². The van der Waals surface area contributed by atoms with Crippen LogP contribution in [-0.4, -0.2) is 56.0 Å². The van der Waals surface area contributed by atoms with Crippen molar-refractivity contribution in [2.75, 3.05) is 29.9 Å². The van der Waals surface area contributed by atoms with Gasteiger partial charge in [-0.05, 0) is 37.5 Å². The van der Waals surface area contributed by atoms with Gasteiger partial charge in [-0.25, -0.2) is 9.97 Å². The van der Waals surface area contributed by atoms with Gasteiger partial charge < -0.3 is 9.80 Å². The van der Waals surface area contributed by atoms with Crippen LogP contribution in [0.15, 0.2) is 24.5 Å². The zero-order chi connectivity index (χ0) is 17.7. The Morgan fingerprint density at radius 1 is 1.08 bits per heavy atom. The molecule has 0 bridgehead atoms. The highest BCUT2D eigenvalue weighted by Crippen LogP contribution is 2.35. The molecule has 2 aliphatic rings. The van der Waals surface area contributed by atoms with Gasteiger partial charge in [0.25, 0.3) is 0 Å². The zero-order valence-electron chi connectivity index (χ0n) is 15.1. The highest BCUT2D eigenvalue weighted by Gasteiger charge is 2.33. The molecule has 1 saturated heterocycles. The molecule has 8 nitrogen and oxygen atoms in total. The maximum atomic E-state index is 4.81. The van der Waals surface area contributed by atoms with Crippen molar-refractivity contribution >= 4 is 17.4 Å². The number of fused-ring (bicyclic) bond motifs is 1. The summed E-state index contributed by atoms with van der Waals surface area (Å²) >= 11 is 0. The van der Waals surface area contributed by atoms with E-state index in [0.717, 1.165) is 41.9 Å². The molecule has 2 fully saturated rings. The molecule has 0 atom stereocenters. The lowest BCUT2D eigenvalue weighted by Crippen LogP contribution is -2.59. The minimum Gasteiger partial charge on any atom is -0.351 e. The topological polar surface area (TPSA) is 75.3 Å². The number of nitrogens with zero attached hydrogens (tertiary/aromatic N) is 8. The quantitative estimate of drug-likeness (QED) is 0.710. The third-order valence-corrected chi connectivity index (χ3v) is 5.56. The number of aromatic nitrogens is 6. The van der Waals surface area contributed by atoms with Crippen LogP contribution in [0.2, 0.25) is 0 Å². The predicted octanol–water partition coefficient (Wildman–Crippen LogP) is 1.82. The molecule has 4 heterocycles. The smallest absolute Gasteiger partial charge is 0.225 e. The van der Waals surface area contributed by atoms with Gasteiger partial charge in [-0.1, -0.05) is 6.42 Å². The van der Waals surface area contributed by atoms with Gasteiger partial charge in [-0.2, -0.15) is 4.52 Å². The van der Waals surface area contributed by atoms with E-state index >= 15 is 0 Å². The third-order valence-electron chi connectivity index (χ3n) is 5.56. The third kappa shape index (κ3) is 2.48. The summed E-state index contributed by atoms with van der Waals surface area (Å²) in [5.74, 6) is 3.28. The fraction of sp³-hybridized carbons (Fsp3) is 0.500. The summed E-state index contributed by atoms with van der Waals surface area (Å²) in [6, 6.07) is 4.44. The summed E-state index contributed by atoms with van der Waals surface area (Å²) in [6.07, 6.45) is 7.39. The molecule has 1 saturated carbocycles. The minimum absolute atomic E-state index is 0.391. The maximum absolute atomic E-state index is 4.81. The van der Waals surface area contributed by atoms with E-state index in [-0.39, 0.29) is 0 Å². The van der Waals surface area contributed by atoms with E-state index in [1.165, 1.54) is 19.3 Å². The van der Waals surface area contributed by atoms with Gasteiger partial charge in [-0.3, -0.25) is 0 Å². The predicted molar refractivity (Wildman–Crippen MR) is 98.5 cm³/mol. The molecular formula is C18H22N8. The van der Waals surface area contributed by atoms with Crippen molar-refractivity contribution in [1.82, 2.24) is 29.8 Å². The molecule has 5 rings (SSSR count). The fourth-order valence-electron chi connectivity index (χ4n) is 3.50. The van der Waals surface area contributed by atoms with Crippen molar-refractivity contribution in [3.63, 3.8) is 0 Å². The van der Waals surface area contributed by atoms with Gasteiger partial charge in [0.2, 0.25) is 5.95 Å². The standard InChI is InChI=1S/C18H22N8/c1-12-8-19-18(20-9-12)24(2)14-10-25(11-14)16-7-6-15-21-22-17(26(15)23-16)13-4-3-5-13/h6-9,13-14H,3-5,10-11H2,1-2H3. The van der Waals surface area contributed by atoms with Crippen molar-refractivity contribution in [3.05, 3.63) is 35.9 Å². The Balaban J connectivity index is 1.31. The summed E-state index contributed by atoms with van der Waals surface area (Å²) in [7, 11) is 2.05. The Labute approximate surface area is 151 Å². The van der Waals surface area contributed by atoms with Gasteiger partial charge in [0.1, 0.15) is 5.82 Å². The highest BCUT2D eigenvalue weighted by atomic mass is 15.4. The fourth-order valence-corrected chi connectivity index (χ4v) is 3.50. The Bertz CT molecular complexity index is 924. The molecular weight excluding hydrogens is 328 g/mol. The Morgan fingerprint density at radius 2 is 1.85 bits per heavy atom. The molecule has 1 aliphatic heterocycles. The normalized spacial score (nSPS) is 18.0. The van der Waals surface area contributed by atoms with Crippen LogP contribution in [0.1, 0.15) is 36.6 Å². The lowest BCUT2D eigenvalue weighted by molar-refractivity contribution is 0.394. The Morgan fingerprint density at radius 3 is 2.54 bits per heavy atom. The Hall–Kier alpha value is -2.77. The van der Waals surface area contributed by atoms with Gasteiger partial charge in [0.15, 0.2) is 11.5 Å². The molecule has 3 aromatic rings. The number of rotatable bonds is 4. The summed E-state index contributed by atoms with van der Waals surface area (Å²) in [5, 5.41) is 13.4. The molecule has 1 aliphatic carbocycles. The van der Waals surface area contributed by atoms with Crippen molar-refractivity contribution in [3.8, 4) is 0 Å². The molecule has 3 aromatic heterocycles. The van der Waals surface area contributed by atoms with Crippen molar-refractivity contribution < 1.29 is 0 Å². The first kappa shape index (κ1) is 15.5. The monoisotopic (exact) mass is 350 g/mol. The summed E-state index contributed by atoms with van der Waals surface area (Å²) in [4.78, 5) is 13.3. The zero-order valence-corrected chi connectivity index (χ0v) is 15.1. The lowest BCUT2D eigenvalue weighted by Gasteiger charge is -2.44. The molecule has 0 spiro atoms. The van der Waals surface area contributed by atoms with E-state index < -0.39 is 0 Å². The Kier molecular flexibility index (Phi) is 3.51. The van der Waals surface area contributed by atoms with Crippen LogP contribution >= 0.6 is 0 Å². The maximum Gasteiger partial charge on any atom is 0.225 e. The molecule has 0 unspecified atom stereocenters. The number of hydrogen-bond donors (Lipinski definition) is 0. The molecule has 0 amide bonds. The van der Waals surface area contributed by atoms with Gasteiger partial charge in [0.05, 0.1) is 6.04 Å². The number of aryl methyl sites for hydroxylation is 1. The largest absolute Gasteiger partial charge is 0.351 e. The number of likely N-dealkylation sites (N-methyl/N-ethyl adjacent to an activating group) is 1. The van der Waals surface area contributed by atoms with Crippen molar-refractivity contribution in [1.29, 1.82) is 0 Å². The second-order valence-corrected chi connectivity index (χ2v) is 7.38. The summed E-state index contributed by atoms with van der Waals surface area (Å²) in [5.41, 5.74) is 1.91. The van der Waals surface area contributed by atoms with Gasteiger partial charge in [0, 0.05) is 38.4 Å². The number of hydrogen-bond acceptors (Lipinski definition) is 7. The molecule has 0 radical (unpaired) electrons. The van der Waals surface area contributed by atoms with E-state index in [4.69, 9.17) is 5.10 Å². The summed E-state index contributed by atoms with van der Waals surface area (Å²) in [6.45, 7) is 3.82. The second kappa shape index (κ2) is 5.89. The molecule has 0 N–H and O–H groups in total. The van der Waals surface area contributed by atoms with Crippen LogP contribution < -0.4 is 9.80 Å². The van der Waals surface area contributed by atoms with Crippen LogP contribution in [0.4, 0.5) is 11.8 Å².